The van der Waals surface area contributed by atoms with Crippen molar-refractivity contribution in [2.45, 2.75) is 11.8 Å². The molecule has 0 bridgehead atoms. The van der Waals surface area contributed by atoms with Gasteiger partial charge in [0.15, 0.2) is 5.25 Å². The van der Waals surface area contributed by atoms with Crippen LogP contribution in [0.4, 0.5) is 10.5 Å². The zero-order valence-corrected chi connectivity index (χ0v) is 15.5. The molecule has 0 saturated carbocycles. The molecule has 1 aliphatic heterocycles. The van der Waals surface area contributed by atoms with Crippen LogP contribution in [0.15, 0.2) is 48.5 Å². The molecular weight excluding hydrogens is 350 g/mol. The number of carbonyl (C=O) groups excluding carboxylic acids is 1. The lowest BCUT2D eigenvalue weighted by Crippen LogP contribution is -2.38. The Labute approximate surface area is 156 Å². The molecule has 2 aromatic rings. The normalized spacial score (nSPS) is 19.6. The zero-order chi connectivity index (χ0) is 18.4. The van der Waals surface area contributed by atoms with Crippen molar-refractivity contribution in [3.05, 3.63) is 59.7 Å². The molecule has 7 heteroatoms. The Morgan fingerprint density at radius 2 is 1.96 bits per heavy atom. The van der Waals surface area contributed by atoms with Crippen LogP contribution in [-0.4, -0.2) is 36.5 Å². The first-order valence-corrected chi connectivity index (χ1v) is 9.89. The summed E-state index contributed by atoms with van der Waals surface area (Å²) in [6, 6.07) is 14.8. The molecule has 3 N–H and O–H groups in total. The monoisotopic (exact) mass is 373 g/mol. The van der Waals surface area contributed by atoms with Gasteiger partial charge in [-0.3, -0.25) is 0 Å². The molecule has 2 atom stereocenters. The quantitative estimate of drug-likeness (QED) is 0.703. The number of methoxy groups -OCH3 is 1. The van der Waals surface area contributed by atoms with Crippen LogP contribution >= 0.6 is 0 Å². The third-order valence-corrected chi connectivity index (χ3v) is 5.96. The topological polar surface area (TPSA) is 85.5 Å². The Hall–Kier alpha value is -2.22. The van der Waals surface area contributed by atoms with Gasteiger partial charge >= 0.3 is 6.03 Å². The number of carbonyl (C=O) groups is 1. The fraction of sp³-hybridized carbons (Fsp3) is 0.316. The fourth-order valence-corrected chi connectivity index (χ4v) is 4.19. The molecule has 0 spiro atoms. The standard InChI is InChI=1S/C19H23N3O3S/c1-25-17-8-2-14(3-9-17)12-21-19(23)22-16-6-4-15(5-7-16)18-13-20-10-11-26(18)24/h2-9,18,20H,10-13H2,1H3,(H2,21,22,23)/t18-,26?/m1/s1. The minimum atomic E-state index is -0.844. The van der Waals surface area contributed by atoms with E-state index in [2.05, 4.69) is 16.0 Å². The molecule has 1 unspecified atom stereocenters. The van der Waals surface area contributed by atoms with Crippen LogP contribution in [0.3, 0.4) is 0 Å². The number of amides is 2. The van der Waals surface area contributed by atoms with Gasteiger partial charge in [-0.1, -0.05) is 24.3 Å². The molecule has 0 aliphatic carbocycles. The molecule has 0 aromatic heterocycles. The average Bonchev–Trinajstić information content (AvgIpc) is 2.68. The lowest BCUT2D eigenvalue weighted by molar-refractivity contribution is 0.251. The van der Waals surface area contributed by atoms with Crippen molar-refractivity contribution < 1.29 is 14.1 Å². The van der Waals surface area contributed by atoms with Crippen molar-refractivity contribution in [2.24, 2.45) is 0 Å². The number of benzene rings is 2. The lowest BCUT2D eigenvalue weighted by Gasteiger charge is -2.27. The van der Waals surface area contributed by atoms with Gasteiger partial charge in [0.25, 0.3) is 0 Å². The second-order valence-corrected chi connectivity index (χ2v) is 7.79. The highest BCUT2D eigenvalue weighted by molar-refractivity contribution is 7.91. The fourth-order valence-electron chi connectivity index (χ4n) is 2.79. The second-order valence-electron chi connectivity index (χ2n) is 6.06. The van der Waals surface area contributed by atoms with Crippen LogP contribution in [-0.2, 0) is 17.7 Å². The van der Waals surface area contributed by atoms with Crippen molar-refractivity contribution in [2.75, 3.05) is 31.3 Å². The Morgan fingerprint density at radius 3 is 2.62 bits per heavy atom. The van der Waals surface area contributed by atoms with E-state index in [1.165, 1.54) is 0 Å². The SMILES string of the molecule is COc1ccc(CNC(=O)Nc2ccc([C@H]3CNCC[S+]3[O-])cc2)cc1. The Kier molecular flexibility index (Phi) is 6.38. The Morgan fingerprint density at radius 1 is 1.23 bits per heavy atom. The van der Waals surface area contributed by atoms with Crippen LogP contribution in [0, 0.1) is 0 Å². The summed E-state index contributed by atoms with van der Waals surface area (Å²) in [6.07, 6.45) is 0. The Balaban J connectivity index is 1.50. The van der Waals surface area contributed by atoms with Gasteiger partial charge in [-0.25, -0.2) is 4.79 Å². The summed E-state index contributed by atoms with van der Waals surface area (Å²) in [4.78, 5) is 12.0. The second kappa shape index (κ2) is 8.93. The van der Waals surface area contributed by atoms with Gasteiger partial charge in [0.2, 0.25) is 0 Å². The van der Waals surface area contributed by atoms with E-state index < -0.39 is 11.2 Å². The van der Waals surface area contributed by atoms with Gasteiger partial charge in [0.1, 0.15) is 11.5 Å². The van der Waals surface area contributed by atoms with Crippen molar-refractivity contribution in [1.29, 1.82) is 0 Å². The maximum atomic E-state index is 12.1. The summed E-state index contributed by atoms with van der Waals surface area (Å²) in [5.41, 5.74) is 2.72. The Bertz CT molecular complexity index is 722. The summed E-state index contributed by atoms with van der Waals surface area (Å²) in [5, 5.41) is 8.92. The number of hydrogen-bond donors (Lipinski definition) is 3. The molecular formula is C19H23N3O3S. The predicted octanol–water partition coefficient (Wildman–Crippen LogP) is 2.41. The van der Waals surface area contributed by atoms with Crippen molar-refractivity contribution in [3.63, 3.8) is 0 Å². The molecule has 3 rings (SSSR count). The van der Waals surface area contributed by atoms with Crippen LogP contribution in [0.5, 0.6) is 5.75 Å². The minimum absolute atomic E-state index is 0.0155. The summed E-state index contributed by atoms with van der Waals surface area (Å²) in [5.74, 6) is 1.46. The number of nitrogens with one attached hydrogen (secondary N) is 3. The number of hydrogen-bond acceptors (Lipinski definition) is 4. The van der Waals surface area contributed by atoms with Crippen LogP contribution < -0.4 is 20.7 Å². The van der Waals surface area contributed by atoms with Gasteiger partial charge in [0, 0.05) is 30.9 Å². The number of ether oxygens (including phenoxy) is 1. The van der Waals surface area contributed by atoms with E-state index in [0.717, 1.165) is 30.0 Å². The summed E-state index contributed by atoms with van der Waals surface area (Å²) < 4.78 is 17.2. The summed E-state index contributed by atoms with van der Waals surface area (Å²) in [6.45, 7) is 1.96. The minimum Gasteiger partial charge on any atom is -0.616 e. The maximum absolute atomic E-state index is 12.1. The van der Waals surface area contributed by atoms with Gasteiger partial charge in [0.05, 0.1) is 7.11 Å². The molecule has 138 valence electrons. The highest BCUT2D eigenvalue weighted by Gasteiger charge is 2.27. The van der Waals surface area contributed by atoms with Crippen molar-refractivity contribution >= 4 is 22.9 Å². The predicted molar refractivity (Wildman–Crippen MR) is 104 cm³/mol. The molecule has 1 fully saturated rings. The number of urea groups is 1. The third-order valence-electron chi connectivity index (χ3n) is 4.28. The van der Waals surface area contributed by atoms with Crippen molar-refractivity contribution in [3.8, 4) is 5.75 Å². The van der Waals surface area contributed by atoms with Gasteiger partial charge < -0.3 is 25.2 Å². The lowest BCUT2D eigenvalue weighted by atomic mass is 10.1. The van der Waals surface area contributed by atoms with Crippen LogP contribution in [0.25, 0.3) is 0 Å². The third kappa shape index (κ3) is 4.91. The van der Waals surface area contributed by atoms with Gasteiger partial charge in [-0.2, -0.15) is 0 Å². The van der Waals surface area contributed by atoms with E-state index in [4.69, 9.17) is 4.74 Å². The summed E-state index contributed by atoms with van der Waals surface area (Å²) >= 11 is -0.844. The first-order valence-electron chi connectivity index (χ1n) is 8.51. The van der Waals surface area contributed by atoms with Crippen molar-refractivity contribution in [1.82, 2.24) is 10.6 Å². The molecule has 1 saturated heterocycles. The van der Waals surface area contributed by atoms with Crippen LogP contribution in [0.1, 0.15) is 16.4 Å². The zero-order valence-electron chi connectivity index (χ0n) is 14.7. The molecule has 0 radical (unpaired) electrons. The first kappa shape index (κ1) is 18.6. The molecule has 2 aromatic carbocycles. The average molecular weight is 373 g/mol. The van der Waals surface area contributed by atoms with E-state index in [0.29, 0.717) is 18.0 Å². The molecule has 2 amide bonds. The number of rotatable bonds is 5. The smallest absolute Gasteiger partial charge is 0.319 e. The van der Waals surface area contributed by atoms with Gasteiger partial charge in [-0.05, 0) is 41.0 Å². The molecule has 1 aliphatic rings. The van der Waals surface area contributed by atoms with Crippen LogP contribution in [0.2, 0.25) is 0 Å². The molecule has 1 heterocycles. The molecule has 26 heavy (non-hydrogen) atoms. The first-order chi connectivity index (χ1) is 12.7. The van der Waals surface area contributed by atoms with E-state index >= 15 is 0 Å². The van der Waals surface area contributed by atoms with Gasteiger partial charge in [-0.15, -0.1) is 0 Å². The summed E-state index contributed by atoms with van der Waals surface area (Å²) in [7, 11) is 1.62. The van der Waals surface area contributed by atoms with E-state index in [1.54, 1.807) is 7.11 Å². The molecule has 6 nitrogen and oxygen atoms in total. The highest BCUT2D eigenvalue weighted by atomic mass is 32.2. The van der Waals surface area contributed by atoms with E-state index in [-0.39, 0.29) is 11.3 Å². The highest BCUT2D eigenvalue weighted by Crippen LogP contribution is 2.25. The maximum Gasteiger partial charge on any atom is 0.319 e. The largest absolute Gasteiger partial charge is 0.616 e. The number of anilines is 1. The van der Waals surface area contributed by atoms with E-state index in [1.807, 2.05) is 48.5 Å². The van der Waals surface area contributed by atoms with E-state index in [9.17, 15) is 9.35 Å².